The van der Waals surface area contributed by atoms with Gasteiger partial charge in [-0.25, -0.2) is 12.7 Å². The van der Waals surface area contributed by atoms with E-state index < -0.39 is 10.0 Å². The minimum Gasteiger partial charge on any atom is -0.349 e. The number of amides is 1. The fourth-order valence-electron chi connectivity index (χ4n) is 4.31. The van der Waals surface area contributed by atoms with Gasteiger partial charge >= 0.3 is 0 Å². The average Bonchev–Trinajstić information content (AvgIpc) is 2.72. The number of hydrogen-bond acceptors (Lipinski definition) is 3. The summed E-state index contributed by atoms with van der Waals surface area (Å²) < 4.78 is 27.3. The number of nitrogens with one attached hydrogen (secondary N) is 1. The first-order valence-corrected chi connectivity index (χ1v) is 12.6. The fourth-order valence-corrected chi connectivity index (χ4v) is 5.98. The molecular formula is C25H34N2O3S. The third-order valence-electron chi connectivity index (χ3n) is 6.52. The van der Waals surface area contributed by atoms with Crippen LogP contribution in [-0.4, -0.2) is 31.7 Å². The first kappa shape index (κ1) is 23.5. The van der Waals surface area contributed by atoms with E-state index in [2.05, 4.69) is 38.2 Å². The fraction of sp³-hybridized carbons (Fsp3) is 0.480. The normalized spacial score (nSPS) is 16.8. The Balaban J connectivity index is 1.58. The molecule has 5 nitrogen and oxygen atoms in total. The van der Waals surface area contributed by atoms with Gasteiger partial charge in [-0.15, -0.1) is 0 Å². The summed E-state index contributed by atoms with van der Waals surface area (Å²) in [6.07, 6.45) is 1.11. The second kappa shape index (κ2) is 9.53. The summed E-state index contributed by atoms with van der Waals surface area (Å²) in [4.78, 5) is 12.9. The molecule has 0 aromatic heterocycles. The highest BCUT2D eigenvalue weighted by atomic mass is 32.2. The van der Waals surface area contributed by atoms with Crippen molar-refractivity contribution in [2.24, 2.45) is 5.92 Å². The summed E-state index contributed by atoms with van der Waals surface area (Å²) in [5.41, 5.74) is 6.59. The van der Waals surface area contributed by atoms with Gasteiger partial charge in [0.25, 0.3) is 0 Å². The Morgan fingerprint density at radius 1 is 1.00 bits per heavy atom. The Hall–Kier alpha value is -2.18. The molecule has 1 N–H and O–H groups in total. The van der Waals surface area contributed by atoms with Crippen LogP contribution in [0.25, 0.3) is 0 Å². The first-order chi connectivity index (χ1) is 14.6. The van der Waals surface area contributed by atoms with Crippen molar-refractivity contribution >= 4 is 15.9 Å². The van der Waals surface area contributed by atoms with Gasteiger partial charge in [-0.3, -0.25) is 4.79 Å². The highest BCUT2D eigenvalue weighted by molar-refractivity contribution is 7.88. The lowest BCUT2D eigenvalue weighted by atomic mass is 9.94. The maximum absolute atomic E-state index is 12.9. The lowest BCUT2D eigenvalue weighted by molar-refractivity contribution is -0.126. The summed E-state index contributed by atoms with van der Waals surface area (Å²) >= 11 is 0. The quantitative estimate of drug-likeness (QED) is 0.724. The maximum Gasteiger partial charge on any atom is 0.223 e. The summed E-state index contributed by atoms with van der Waals surface area (Å²) in [6.45, 7) is 11.0. The van der Waals surface area contributed by atoms with Crippen LogP contribution >= 0.6 is 0 Å². The van der Waals surface area contributed by atoms with Gasteiger partial charge in [0.15, 0.2) is 0 Å². The lowest BCUT2D eigenvalue weighted by Gasteiger charge is -2.31. The van der Waals surface area contributed by atoms with Gasteiger partial charge in [-0.1, -0.05) is 36.4 Å². The topological polar surface area (TPSA) is 66.5 Å². The van der Waals surface area contributed by atoms with Crippen LogP contribution in [0.1, 0.15) is 59.2 Å². The molecule has 0 aliphatic carbocycles. The molecule has 1 heterocycles. The Morgan fingerprint density at radius 3 is 2.26 bits per heavy atom. The Kier molecular flexibility index (Phi) is 7.22. The summed E-state index contributed by atoms with van der Waals surface area (Å²) in [7, 11) is -3.39. The second-order valence-electron chi connectivity index (χ2n) is 8.88. The van der Waals surface area contributed by atoms with E-state index in [1.165, 1.54) is 16.7 Å². The Labute approximate surface area is 186 Å². The Morgan fingerprint density at radius 2 is 1.61 bits per heavy atom. The average molecular weight is 443 g/mol. The molecule has 0 radical (unpaired) electrons. The Bertz CT molecular complexity index is 1050. The summed E-state index contributed by atoms with van der Waals surface area (Å²) in [5, 5.41) is 3.15. The molecule has 0 spiro atoms. The lowest BCUT2D eigenvalue weighted by Crippen LogP contribution is -2.43. The molecule has 1 aliphatic heterocycles. The van der Waals surface area contributed by atoms with Crippen LogP contribution in [0.3, 0.4) is 0 Å². The van der Waals surface area contributed by atoms with Crippen LogP contribution in [-0.2, 0) is 20.6 Å². The number of piperidine rings is 1. The van der Waals surface area contributed by atoms with Crippen LogP contribution in [0.4, 0.5) is 0 Å². The predicted octanol–water partition coefficient (Wildman–Crippen LogP) is 4.34. The molecule has 2 aromatic carbocycles. The number of carbonyl (C=O) groups is 1. The van der Waals surface area contributed by atoms with Crippen molar-refractivity contribution in [3.63, 3.8) is 0 Å². The van der Waals surface area contributed by atoms with Crippen LogP contribution in [0.15, 0.2) is 36.4 Å². The molecule has 1 amide bonds. The molecular weight excluding hydrogens is 408 g/mol. The molecule has 6 heteroatoms. The van der Waals surface area contributed by atoms with Crippen molar-refractivity contribution in [1.82, 2.24) is 9.62 Å². The molecule has 3 rings (SSSR count). The minimum atomic E-state index is -3.39. The van der Waals surface area contributed by atoms with Gasteiger partial charge in [0, 0.05) is 19.0 Å². The monoisotopic (exact) mass is 442 g/mol. The highest BCUT2D eigenvalue weighted by Gasteiger charge is 2.32. The van der Waals surface area contributed by atoms with Gasteiger partial charge in [0.1, 0.15) is 0 Å². The zero-order valence-electron chi connectivity index (χ0n) is 19.2. The van der Waals surface area contributed by atoms with E-state index in [-0.39, 0.29) is 23.6 Å². The minimum absolute atomic E-state index is 0.0135. The van der Waals surface area contributed by atoms with Crippen molar-refractivity contribution in [1.29, 1.82) is 0 Å². The molecule has 0 saturated carbocycles. The summed E-state index contributed by atoms with van der Waals surface area (Å²) in [6, 6.07) is 11.8. The van der Waals surface area contributed by atoms with Crippen molar-refractivity contribution in [2.75, 3.05) is 13.1 Å². The van der Waals surface area contributed by atoms with E-state index in [0.29, 0.717) is 25.9 Å². The van der Waals surface area contributed by atoms with Crippen LogP contribution in [0.2, 0.25) is 0 Å². The molecule has 1 fully saturated rings. The SMILES string of the molecule is Cc1cc(C)c([C@H](C)NC(=O)C2CCN(S(=O)(=O)Cc3ccccc3C)CC2)cc1C. The standard InChI is InChI=1S/C25H34N2O3S/c1-17-8-6-7-9-23(17)16-31(29,30)27-12-10-22(11-13-27)25(28)26-21(5)24-15-19(3)18(2)14-20(24)4/h6-9,14-15,21-22H,10-13,16H2,1-5H3,(H,26,28)/t21-/m0/s1. The number of nitrogens with zero attached hydrogens (tertiary/aromatic N) is 1. The molecule has 1 saturated heterocycles. The maximum atomic E-state index is 12.9. The third kappa shape index (κ3) is 5.55. The molecule has 0 bridgehead atoms. The van der Waals surface area contributed by atoms with Gasteiger partial charge in [-0.05, 0) is 80.8 Å². The second-order valence-corrected chi connectivity index (χ2v) is 10.8. The molecule has 1 atom stereocenters. The van der Waals surface area contributed by atoms with E-state index in [4.69, 9.17) is 0 Å². The van der Waals surface area contributed by atoms with E-state index in [1.807, 2.05) is 38.1 Å². The largest absolute Gasteiger partial charge is 0.349 e. The number of carbonyl (C=O) groups excluding carboxylic acids is 1. The predicted molar refractivity (Wildman–Crippen MR) is 125 cm³/mol. The summed E-state index contributed by atoms with van der Waals surface area (Å²) in [5.74, 6) is -0.125. The molecule has 2 aromatic rings. The highest BCUT2D eigenvalue weighted by Crippen LogP contribution is 2.25. The van der Waals surface area contributed by atoms with E-state index in [1.54, 1.807) is 4.31 Å². The van der Waals surface area contributed by atoms with E-state index >= 15 is 0 Å². The number of sulfonamides is 1. The first-order valence-electron chi connectivity index (χ1n) is 11.0. The van der Waals surface area contributed by atoms with E-state index in [0.717, 1.165) is 16.7 Å². The number of rotatable bonds is 6. The molecule has 168 valence electrons. The van der Waals surface area contributed by atoms with E-state index in [9.17, 15) is 13.2 Å². The molecule has 1 aliphatic rings. The van der Waals surface area contributed by atoms with Crippen molar-refractivity contribution in [3.05, 3.63) is 69.8 Å². The zero-order chi connectivity index (χ0) is 22.8. The van der Waals surface area contributed by atoms with Gasteiger partial charge in [0.2, 0.25) is 15.9 Å². The molecule has 31 heavy (non-hydrogen) atoms. The van der Waals surface area contributed by atoms with Crippen molar-refractivity contribution < 1.29 is 13.2 Å². The zero-order valence-corrected chi connectivity index (χ0v) is 20.1. The van der Waals surface area contributed by atoms with Crippen LogP contribution in [0, 0.1) is 33.6 Å². The third-order valence-corrected chi connectivity index (χ3v) is 8.35. The number of benzene rings is 2. The smallest absolute Gasteiger partial charge is 0.223 e. The van der Waals surface area contributed by atoms with Gasteiger partial charge < -0.3 is 5.32 Å². The number of hydrogen-bond donors (Lipinski definition) is 1. The van der Waals surface area contributed by atoms with Crippen LogP contribution < -0.4 is 5.32 Å². The molecule has 0 unspecified atom stereocenters. The van der Waals surface area contributed by atoms with Crippen molar-refractivity contribution in [2.45, 2.75) is 59.3 Å². The number of aryl methyl sites for hydroxylation is 4. The van der Waals surface area contributed by atoms with Crippen molar-refractivity contribution in [3.8, 4) is 0 Å². The van der Waals surface area contributed by atoms with Gasteiger partial charge in [-0.2, -0.15) is 0 Å². The van der Waals surface area contributed by atoms with Crippen LogP contribution in [0.5, 0.6) is 0 Å². The van der Waals surface area contributed by atoms with Gasteiger partial charge in [0.05, 0.1) is 11.8 Å².